The zero-order valence-electron chi connectivity index (χ0n) is 8.42. The van der Waals surface area contributed by atoms with Gasteiger partial charge in [-0.25, -0.2) is 4.79 Å². The molecule has 0 aromatic carbocycles. The van der Waals surface area contributed by atoms with E-state index in [1.54, 1.807) is 0 Å². The van der Waals surface area contributed by atoms with Crippen LogP contribution in [0.5, 0.6) is 0 Å². The van der Waals surface area contributed by atoms with Crippen molar-refractivity contribution in [2.24, 2.45) is 0 Å². The number of rotatable bonds is 1. The summed E-state index contributed by atoms with van der Waals surface area (Å²) in [5.74, 6) is -1.08. The van der Waals surface area contributed by atoms with Gasteiger partial charge in [-0.2, -0.15) is 8.78 Å². The van der Waals surface area contributed by atoms with E-state index >= 15 is 0 Å². The van der Waals surface area contributed by atoms with Crippen molar-refractivity contribution >= 4 is 11.9 Å². The first kappa shape index (κ1) is 11.6. The molecule has 0 radical (unpaired) electrons. The van der Waals surface area contributed by atoms with Crippen molar-refractivity contribution < 1.29 is 23.1 Å². The predicted molar refractivity (Wildman–Crippen MR) is 47.1 cm³/mol. The number of carbonyl (C=O) groups excluding carboxylic acids is 2. The normalized spacial score (nSPS) is 20.4. The van der Waals surface area contributed by atoms with E-state index in [0.29, 0.717) is 0 Å². The van der Waals surface area contributed by atoms with Crippen LogP contribution in [0.2, 0.25) is 0 Å². The highest BCUT2D eigenvalue weighted by Gasteiger charge is 2.37. The third-order valence-corrected chi connectivity index (χ3v) is 2.32. The van der Waals surface area contributed by atoms with E-state index in [1.165, 1.54) is 6.92 Å². The zero-order chi connectivity index (χ0) is 11.6. The average Bonchev–Trinajstić information content (AvgIpc) is 2.61. The molecule has 1 atom stereocenters. The maximum absolute atomic E-state index is 12.3. The van der Waals surface area contributed by atoms with Crippen LogP contribution in [0.15, 0.2) is 11.7 Å². The molecule has 0 N–H and O–H groups in total. The second-order valence-electron chi connectivity index (χ2n) is 3.25. The first-order valence-electron chi connectivity index (χ1n) is 4.35. The van der Waals surface area contributed by atoms with Gasteiger partial charge in [0.25, 0.3) is 6.08 Å². The summed E-state index contributed by atoms with van der Waals surface area (Å²) in [7, 11) is 1.16. The molecule has 6 heteroatoms. The molecule has 0 aliphatic carbocycles. The fourth-order valence-electron chi connectivity index (χ4n) is 1.54. The van der Waals surface area contributed by atoms with Gasteiger partial charge in [0, 0.05) is 25.5 Å². The van der Waals surface area contributed by atoms with Crippen molar-refractivity contribution in [3.05, 3.63) is 11.7 Å². The molecule has 0 aromatic rings. The zero-order valence-corrected chi connectivity index (χ0v) is 8.42. The lowest BCUT2D eigenvalue weighted by Gasteiger charge is -2.19. The molecule has 15 heavy (non-hydrogen) atoms. The molecule has 1 amide bonds. The van der Waals surface area contributed by atoms with Gasteiger partial charge in [-0.05, 0) is 0 Å². The predicted octanol–water partition coefficient (Wildman–Crippen LogP) is 0.931. The summed E-state index contributed by atoms with van der Waals surface area (Å²) in [6, 6.07) is -0.913. The molecule has 0 bridgehead atoms. The molecule has 0 saturated carbocycles. The Morgan fingerprint density at radius 3 is 2.47 bits per heavy atom. The molecule has 1 saturated heterocycles. The Labute approximate surface area is 85.5 Å². The van der Waals surface area contributed by atoms with E-state index in [-0.39, 0.29) is 18.5 Å². The van der Waals surface area contributed by atoms with E-state index in [1.807, 2.05) is 0 Å². The lowest BCUT2D eigenvalue weighted by molar-refractivity contribution is -0.150. The first-order chi connectivity index (χ1) is 6.97. The van der Waals surface area contributed by atoms with Gasteiger partial charge < -0.3 is 9.64 Å². The fourth-order valence-corrected chi connectivity index (χ4v) is 1.54. The number of amides is 1. The Morgan fingerprint density at radius 2 is 2.07 bits per heavy atom. The number of halogens is 2. The molecule has 0 unspecified atom stereocenters. The molecule has 1 fully saturated rings. The minimum Gasteiger partial charge on any atom is -0.467 e. The lowest BCUT2D eigenvalue weighted by Crippen LogP contribution is -2.39. The van der Waals surface area contributed by atoms with Gasteiger partial charge in [-0.1, -0.05) is 0 Å². The number of carbonyl (C=O) groups is 2. The molecule has 1 aliphatic heterocycles. The highest BCUT2D eigenvalue weighted by Crippen LogP contribution is 2.27. The van der Waals surface area contributed by atoms with Gasteiger partial charge in [0.05, 0.1) is 7.11 Å². The maximum atomic E-state index is 12.3. The van der Waals surface area contributed by atoms with Crippen LogP contribution in [0, 0.1) is 0 Å². The van der Waals surface area contributed by atoms with Crippen LogP contribution in [0.1, 0.15) is 13.3 Å². The van der Waals surface area contributed by atoms with Crippen molar-refractivity contribution in [2.75, 3.05) is 13.7 Å². The summed E-state index contributed by atoms with van der Waals surface area (Å²) in [5, 5.41) is 0. The number of ether oxygens (including phenoxy) is 1. The standard InChI is InChI=1S/C9H11F2NO3/c1-5(13)12-4-6(8(10)11)3-7(12)9(14)15-2/h7H,3-4H2,1-2H3/t7-/m0/s1. The Kier molecular flexibility index (Phi) is 3.39. The summed E-state index contributed by atoms with van der Waals surface area (Å²) in [5.41, 5.74) is -0.180. The largest absolute Gasteiger partial charge is 0.467 e. The number of esters is 1. The number of hydrogen-bond donors (Lipinski definition) is 0. The lowest BCUT2D eigenvalue weighted by atomic mass is 10.2. The van der Waals surface area contributed by atoms with Crippen LogP contribution >= 0.6 is 0 Å². The monoisotopic (exact) mass is 219 g/mol. The molecular weight excluding hydrogens is 208 g/mol. The summed E-state index contributed by atoms with van der Waals surface area (Å²) < 4.78 is 29.1. The van der Waals surface area contributed by atoms with Gasteiger partial charge in [0.2, 0.25) is 5.91 Å². The Bertz CT molecular complexity index is 323. The van der Waals surface area contributed by atoms with Crippen LogP contribution in [-0.4, -0.2) is 36.5 Å². The number of hydrogen-bond acceptors (Lipinski definition) is 3. The summed E-state index contributed by atoms with van der Waals surface area (Å²) >= 11 is 0. The van der Waals surface area contributed by atoms with Crippen molar-refractivity contribution in [1.82, 2.24) is 4.90 Å². The SMILES string of the molecule is COC(=O)[C@@H]1CC(=C(F)F)CN1C(C)=O. The van der Waals surface area contributed by atoms with E-state index in [2.05, 4.69) is 4.74 Å². The van der Waals surface area contributed by atoms with Crippen LogP contribution in [0.25, 0.3) is 0 Å². The van der Waals surface area contributed by atoms with Crippen LogP contribution in [0.4, 0.5) is 8.78 Å². The van der Waals surface area contributed by atoms with Gasteiger partial charge in [-0.15, -0.1) is 0 Å². The van der Waals surface area contributed by atoms with Gasteiger partial charge in [-0.3, -0.25) is 4.79 Å². The van der Waals surface area contributed by atoms with Gasteiger partial charge in [0.1, 0.15) is 6.04 Å². The second-order valence-corrected chi connectivity index (χ2v) is 3.25. The van der Waals surface area contributed by atoms with Crippen LogP contribution < -0.4 is 0 Å². The van der Waals surface area contributed by atoms with E-state index < -0.39 is 24.0 Å². The Balaban J connectivity index is 2.91. The minimum atomic E-state index is -1.83. The third-order valence-electron chi connectivity index (χ3n) is 2.32. The van der Waals surface area contributed by atoms with Crippen molar-refractivity contribution in [3.63, 3.8) is 0 Å². The molecule has 1 heterocycles. The summed E-state index contributed by atoms with van der Waals surface area (Å²) in [6.07, 6.45) is -1.97. The van der Waals surface area contributed by atoms with Crippen LogP contribution in [0.3, 0.4) is 0 Å². The molecule has 0 spiro atoms. The summed E-state index contributed by atoms with van der Waals surface area (Å²) in [6.45, 7) is 1.03. The van der Waals surface area contributed by atoms with Crippen molar-refractivity contribution in [3.8, 4) is 0 Å². The number of methoxy groups -OCH3 is 1. The van der Waals surface area contributed by atoms with E-state index in [4.69, 9.17) is 0 Å². The maximum Gasteiger partial charge on any atom is 0.328 e. The fraction of sp³-hybridized carbons (Fsp3) is 0.556. The number of nitrogens with zero attached hydrogens (tertiary/aromatic N) is 1. The van der Waals surface area contributed by atoms with Gasteiger partial charge >= 0.3 is 5.97 Å². The minimum absolute atomic E-state index is 0.144. The number of likely N-dealkylation sites (tertiary alicyclic amines) is 1. The Morgan fingerprint density at radius 1 is 1.47 bits per heavy atom. The van der Waals surface area contributed by atoms with Gasteiger partial charge in [0.15, 0.2) is 0 Å². The smallest absolute Gasteiger partial charge is 0.328 e. The summed E-state index contributed by atoms with van der Waals surface area (Å²) in [4.78, 5) is 23.4. The average molecular weight is 219 g/mol. The molecular formula is C9H11F2NO3. The molecule has 84 valence electrons. The topological polar surface area (TPSA) is 46.6 Å². The van der Waals surface area contributed by atoms with E-state index in [9.17, 15) is 18.4 Å². The van der Waals surface area contributed by atoms with Crippen LogP contribution in [-0.2, 0) is 14.3 Å². The second kappa shape index (κ2) is 4.37. The van der Waals surface area contributed by atoms with E-state index in [0.717, 1.165) is 12.0 Å². The molecule has 1 rings (SSSR count). The molecule has 0 aromatic heterocycles. The molecule has 1 aliphatic rings. The highest BCUT2D eigenvalue weighted by molar-refractivity contribution is 5.84. The first-order valence-corrected chi connectivity index (χ1v) is 4.35. The quantitative estimate of drug-likeness (QED) is 0.616. The van der Waals surface area contributed by atoms with Crippen molar-refractivity contribution in [1.29, 1.82) is 0 Å². The third kappa shape index (κ3) is 2.31. The van der Waals surface area contributed by atoms with Crippen molar-refractivity contribution in [2.45, 2.75) is 19.4 Å². The highest BCUT2D eigenvalue weighted by atomic mass is 19.3. The molecule has 4 nitrogen and oxygen atoms in total. The Hall–Kier alpha value is -1.46.